The first-order valence-electron chi connectivity index (χ1n) is 28.9. The molecule has 9 N–H and O–H groups in total. The van der Waals surface area contributed by atoms with E-state index >= 15 is 0 Å². The van der Waals surface area contributed by atoms with Crippen LogP contribution in [0.2, 0.25) is 0 Å². The van der Waals surface area contributed by atoms with E-state index in [2.05, 4.69) is 31.3 Å². The van der Waals surface area contributed by atoms with Crippen molar-refractivity contribution in [3.05, 3.63) is 24.3 Å². The van der Waals surface area contributed by atoms with Gasteiger partial charge in [0.15, 0.2) is 0 Å². The van der Waals surface area contributed by atoms with Crippen LogP contribution in [-0.4, -0.2) is 108 Å². The lowest BCUT2D eigenvalue weighted by atomic mass is 9.85. The summed E-state index contributed by atoms with van der Waals surface area (Å²) in [6.45, 7) is 3.79. The second-order valence-corrected chi connectivity index (χ2v) is 22.1. The van der Waals surface area contributed by atoms with Gasteiger partial charge in [-0.3, -0.25) is 13.8 Å². The summed E-state index contributed by atoms with van der Waals surface area (Å²) >= 11 is 0. The van der Waals surface area contributed by atoms with Crippen molar-refractivity contribution in [2.75, 3.05) is 6.61 Å². The Morgan fingerprint density at radius 1 is 0.500 bits per heavy atom. The maximum atomic E-state index is 13.1. The minimum Gasteiger partial charge on any atom is -0.393 e. The average molecular weight is 1020 g/mol. The van der Waals surface area contributed by atoms with Crippen LogP contribution in [0.25, 0.3) is 0 Å². The summed E-state index contributed by atoms with van der Waals surface area (Å²) in [4.78, 5) is 23.6. The molecule has 1 aliphatic carbocycles. The summed E-state index contributed by atoms with van der Waals surface area (Å²) in [6, 6.07) is -1.24. The first kappa shape index (κ1) is 66.8. The lowest BCUT2D eigenvalue weighted by molar-refractivity contribution is -0.220. The molecule has 0 spiro atoms. The number of allylic oxidation sites excluding steroid dienone is 3. The highest BCUT2D eigenvalue weighted by Gasteiger charge is 2.51. The molecule has 8 unspecified atom stereocenters. The zero-order chi connectivity index (χ0) is 51.5. The van der Waals surface area contributed by atoms with E-state index in [1.165, 1.54) is 173 Å². The number of amides is 1. The van der Waals surface area contributed by atoms with Crippen molar-refractivity contribution in [2.45, 2.75) is 319 Å². The number of carbonyl (C=O) groups is 1. The molecule has 1 saturated carbocycles. The van der Waals surface area contributed by atoms with Gasteiger partial charge in [0.05, 0.1) is 31.3 Å². The molecular formula is C56H108NO12P. The van der Waals surface area contributed by atoms with Crippen LogP contribution in [0.3, 0.4) is 0 Å². The van der Waals surface area contributed by atoms with E-state index in [0.717, 1.165) is 64.2 Å². The number of aliphatic hydroxyl groups is 7. The minimum atomic E-state index is -5.15. The van der Waals surface area contributed by atoms with E-state index in [4.69, 9.17) is 9.05 Å². The molecular weight excluding hydrogens is 910 g/mol. The van der Waals surface area contributed by atoms with Gasteiger partial charge in [0.2, 0.25) is 5.91 Å². The zero-order valence-corrected chi connectivity index (χ0v) is 45.3. The Bertz CT molecular complexity index is 1290. The first-order valence-corrected chi connectivity index (χ1v) is 30.4. The fourth-order valence-electron chi connectivity index (χ4n) is 9.36. The molecule has 13 nitrogen and oxygen atoms in total. The number of hydrogen-bond donors (Lipinski definition) is 9. The summed E-state index contributed by atoms with van der Waals surface area (Å²) in [5, 5.41) is 74.9. The van der Waals surface area contributed by atoms with Crippen LogP contribution in [0.1, 0.15) is 264 Å². The van der Waals surface area contributed by atoms with E-state index in [0.29, 0.717) is 12.8 Å². The molecule has 1 rings (SSSR count). The summed E-state index contributed by atoms with van der Waals surface area (Å²) in [5.74, 6) is -0.594. The van der Waals surface area contributed by atoms with Crippen molar-refractivity contribution in [3.8, 4) is 0 Å². The highest BCUT2D eigenvalue weighted by Crippen LogP contribution is 2.47. The van der Waals surface area contributed by atoms with Gasteiger partial charge >= 0.3 is 7.82 Å². The van der Waals surface area contributed by atoms with Gasteiger partial charge in [0, 0.05) is 0 Å². The molecule has 1 fully saturated rings. The van der Waals surface area contributed by atoms with Gasteiger partial charge in [0.25, 0.3) is 0 Å². The Hall–Kier alpha value is -1.22. The number of phosphoric ester groups is 1. The van der Waals surface area contributed by atoms with Gasteiger partial charge in [-0.1, -0.05) is 237 Å². The van der Waals surface area contributed by atoms with Crippen LogP contribution >= 0.6 is 7.82 Å². The summed E-state index contributed by atoms with van der Waals surface area (Å²) < 4.78 is 23.0. The number of aliphatic hydroxyl groups excluding tert-OH is 7. The van der Waals surface area contributed by atoms with Crippen molar-refractivity contribution < 1.29 is 59.0 Å². The Morgan fingerprint density at radius 3 is 1.21 bits per heavy atom. The second-order valence-electron chi connectivity index (χ2n) is 20.7. The van der Waals surface area contributed by atoms with Crippen LogP contribution in [0.4, 0.5) is 0 Å². The zero-order valence-electron chi connectivity index (χ0n) is 44.4. The molecule has 0 aromatic carbocycles. The van der Waals surface area contributed by atoms with Gasteiger partial charge in [-0.15, -0.1) is 0 Å². The molecule has 70 heavy (non-hydrogen) atoms. The highest BCUT2D eigenvalue weighted by molar-refractivity contribution is 7.47. The molecule has 0 heterocycles. The lowest BCUT2D eigenvalue weighted by Crippen LogP contribution is -2.64. The fourth-order valence-corrected chi connectivity index (χ4v) is 10.3. The predicted octanol–water partition coefficient (Wildman–Crippen LogP) is 11.9. The largest absolute Gasteiger partial charge is 0.472 e. The molecule has 8 atom stereocenters. The van der Waals surface area contributed by atoms with Crippen molar-refractivity contribution >= 4 is 13.7 Å². The summed E-state index contributed by atoms with van der Waals surface area (Å²) in [5.41, 5.74) is 0. The van der Waals surface area contributed by atoms with Crippen molar-refractivity contribution in [3.63, 3.8) is 0 Å². The quantitative estimate of drug-likeness (QED) is 0.0158. The van der Waals surface area contributed by atoms with Crippen molar-refractivity contribution in [2.24, 2.45) is 0 Å². The molecule has 1 amide bonds. The number of carbonyl (C=O) groups excluding carboxylic acids is 1. The van der Waals surface area contributed by atoms with Crippen molar-refractivity contribution in [1.29, 1.82) is 0 Å². The molecule has 0 aliphatic heterocycles. The van der Waals surface area contributed by atoms with Crippen LogP contribution in [-0.2, 0) is 18.4 Å². The second kappa shape index (κ2) is 45.2. The monoisotopic (exact) mass is 1020 g/mol. The lowest BCUT2D eigenvalue weighted by Gasteiger charge is -2.41. The van der Waals surface area contributed by atoms with E-state index in [1.807, 2.05) is 0 Å². The molecule has 0 aromatic heterocycles. The highest BCUT2D eigenvalue weighted by atomic mass is 31.2. The van der Waals surface area contributed by atoms with Gasteiger partial charge in [-0.2, -0.15) is 0 Å². The number of rotatable bonds is 49. The maximum absolute atomic E-state index is 13.1. The smallest absolute Gasteiger partial charge is 0.393 e. The molecule has 414 valence electrons. The van der Waals surface area contributed by atoms with Gasteiger partial charge in [-0.05, 0) is 44.9 Å². The third-order valence-electron chi connectivity index (χ3n) is 14.0. The topological polar surface area (TPSA) is 226 Å². The summed E-state index contributed by atoms with van der Waals surface area (Å²) in [6.07, 6.45) is 39.7. The molecule has 0 aromatic rings. The SMILES string of the molecule is CCCCCCCCCCCC/C=C\CCCCCCCC(O)CC(=O)NC(COP(=O)(O)OC1C(O)C(O)C(O)C(O)C1O)C(O)/C=C/CCCCCCCCCCCCCCCCCCCCC. The number of nitrogens with one attached hydrogen (secondary N) is 1. The Kier molecular flexibility index (Phi) is 43.1. The number of phosphoric acid groups is 1. The normalized spacial score (nSPS) is 21.9. The average Bonchev–Trinajstić information content (AvgIpc) is 3.34. The minimum absolute atomic E-state index is 0.248. The predicted molar refractivity (Wildman–Crippen MR) is 284 cm³/mol. The van der Waals surface area contributed by atoms with Crippen LogP contribution in [0.15, 0.2) is 24.3 Å². The van der Waals surface area contributed by atoms with E-state index in [-0.39, 0.29) is 6.42 Å². The van der Waals surface area contributed by atoms with Crippen LogP contribution in [0, 0.1) is 0 Å². The third kappa shape index (κ3) is 35.8. The first-order chi connectivity index (χ1) is 33.8. The standard InChI is InChI=1S/C56H108NO12P/c1-3-5-7-9-11-13-15-17-19-21-23-24-26-28-30-32-34-36-38-40-42-44-49(59)48(46-68-70(66,67)69-56-54(64)52(62)51(61)53(63)55(56)65)57-50(60)45-47(58)43-41-39-37-35-33-31-29-27-25-22-20-18-16-14-12-10-8-6-4-2/h27,29,42,44,47-49,51-56,58-59,61-65H,3-26,28,30-41,43,45-46H2,1-2H3,(H,57,60)(H,66,67)/b29-27-,44-42+. The van der Waals surface area contributed by atoms with Gasteiger partial charge < -0.3 is 46.0 Å². The fraction of sp³-hybridized carbons (Fsp3) is 0.911. The maximum Gasteiger partial charge on any atom is 0.472 e. The van der Waals surface area contributed by atoms with E-state index in [1.54, 1.807) is 6.08 Å². The molecule has 0 bridgehead atoms. The molecule has 14 heteroatoms. The summed E-state index contributed by atoms with van der Waals surface area (Å²) in [7, 11) is -5.15. The van der Waals surface area contributed by atoms with Crippen LogP contribution in [0.5, 0.6) is 0 Å². The Balaban J connectivity index is 2.43. The van der Waals surface area contributed by atoms with Gasteiger partial charge in [-0.25, -0.2) is 4.57 Å². The third-order valence-corrected chi connectivity index (χ3v) is 15.0. The molecule has 0 radical (unpaired) electrons. The number of hydrogen-bond acceptors (Lipinski definition) is 11. The van der Waals surface area contributed by atoms with Crippen LogP contribution < -0.4 is 5.32 Å². The Labute approximate surface area is 426 Å². The van der Waals surface area contributed by atoms with Gasteiger partial charge in [0.1, 0.15) is 36.6 Å². The van der Waals surface area contributed by atoms with Crippen molar-refractivity contribution in [1.82, 2.24) is 5.32 Å². The van der Waals surface area contributed by atoms with E-state index in [9.17, 15) is 50.0 Å². The van der Waals surface area contributed by atoms with E-state index < -0.39 is 75.2 Å². The number of unbranched alkanes of at least 4 members (excludes halogenated alkanes) is 34. The molecule has 1 aliphatic rings. The Morgan fingerprint density at radius 2 is 0.829 bits per heavy atom. The molecule has 0 saturated heterocycles.